The number of nitrogens with zero attached hydrogens (tertiary/aromatic N) is 4. The Morgan fingerprint density at radius 2 is 2.07 bits per heavy atom. The normalized spacial score (nSPS) is 27.9. The number of oxazole rings is 1. The van der Waals surface area contributed by atoms with E-state index < -0.39 is 6.10 Å². The topological polar surface area (TPSA) is 84.4 Å². The predicted molar refractivity (Wildman–Crippen MR) is 98.1 cm³/mol. The zero-order chi connectivity index (χ0) is 18.5. The minimum absolute atomic E-state index is 0.0222. The van der Waals surface area contributed by atoms with E-state index in [1.807, 2.05) is 27.8 Å². The summed E-state index contributed by atoms with van der Waals surface area (Å²) in [7, 11) is 0. The van der Waals surface area contributed by atoms with Gasteiger partial charge in [-0.2, -0.15) is 0 Å². The fourth-order valence-electron chi connectivity index (χ4n) is 4.71. The quantitative estimate of drug-likeness (QED) is 0.753. The highest BCUT2D eigenvalue weighted by atomic mass is 16.3. The first-order valence-corrected chi connectivity index (χ1v) is 9.40. The van der Waals surface area contributed by atoms with E-state index in [4.69, 9.17) is 4.42 Å². The summed E-state index contributed by atoms with van der Waals surface area (Å²) < 4.78 is 7.55. The SMILES string of the molecule is Cc1nc2ccc(C(=O)N3C[C@H]4C[C@@H](n5ccnc5)[C@H](O)C[C@H]4C3)cc2o1. The van der Waals surface area contributed by atoms with Crippen LogP contribution in [0, 0.1) is 18.8 Å². The molecule has 1 aromatic carbocycles. The van der Waals surface area contributed by atoms with Crippen LogP contribution in [0.4, 0.5) is 0 Å². The number of benzene rings is 1. The molecular formula is C20H22N4O3. The van der Waals surface area contributed by atoms with Crippen LogP contribution >= 0.6 is 0 Å². The number of likely N-dealkylation sites (tertiary alicyclic amines) is 1. The van der Waals surface area contributed by atoms with Gasteiger partial charge in [0.05, 0.1) is 18.5 Å². The van der Waals surface area contributed by atoms with E-state index in [2.05, 4.69) is 9.97 Å². The highest BCUT2D eigenvalue weighted by molar-refractivity contribution is 5.97. The minimum Gasteiger partial charge on any atom is -0.441 e. The molecule has 27 heavy (non-hydrogen) atoms. The van der Waals surface area contributed by atoms with Crippen molar-refractivity contribution in [1.29, 1.82) is 0 Å². The van der Waals surface area contributed by atoms with Gasteiger partial charge in [0.1, 0.15) is 5.52 Å². The first-order valence-electron chi connectivity index (χ1n) is 9.40. The fraction of sp³-hybridized carbons (Fsp3) is 0.450. The van der Waals surface area contributed by atoms with Crippen LogP contribution in [-0.4, -0.2) is 49.6 Å². The van der Waals surface area contributed by atoms with Gasteiger partial charge in [-0.05, 0) is 42.9 Å². The van der Waals surface area contributed by atoms with Gasteiger partial charge >= 0.3 is 0 Å². The molecular weight excluding hydrogens is 344 g/mol. The molecule has 140 valence electrons. The number of rotatable bonds is 2. The lowest BCUT2D eigenvalue weighted by molar-refractivity contribution is 0.0357. The van der Waals surface area contributed by atoms with Crippen LogP contribution < -0.4 is 0 Å². The summed E-state index contributed by atoms with van der Waals surface area (Å²) in [6.07, 6.45) is 6.60. The number of aryl methyl sites for hydroxylation is 1. The molecule has 1 saturated heterocycles. The highest BCUT2D eigenvalue weighted by Crippen LogP contribution is 2.41. The number of amides is 1. The van der Waals surface area contributed by atoms with Crippen LogP contribution in [0.1, 0.15) is 35.1 Å². The van der Waals surface area contributed by atoms with Crippen molar-refractivity contribution in [3.8, 4) is 0 Å². The third-order valence-corrected chi connectivity index (χ3v) is 6.05. The Labute approximate surface area is 156 Å². The lowest BCUT2D eigenvalue weighted by Gasteiger charge is -2.35. The van der Waals surface area contributed by atoms with Gasteiger partial charge in [-0.1, -0.05) is 0 Å². The number of aliphatic hydroxyl groups is 1. The molecule has 1 amide bonds. The molecule has 2 fully saturated rings. The second-order valence-electron chi connectivity index (χ2n) is 7.76. The number of fused-ring (bicyclic) bond motifs is 2. The second kappa shape index (κ2) is 6.20. The molecule has 1 aliphatic carbocycles. The standard InChI is InChI=1S/C20H22N4O3/c1-12-22-16-3-2-13(8-19(16)27-12)20(26)24-9-14-6-17(23-5-4-21-11-23)18(25)7-15(14)10-24/h2-5,8,11,14-15,17-18,25H,6-7,9-10H2,1H3/t14-,15+,17-,18-/m1/s1. The van der Waals surface area contributed by atoms with E-state index >= 15 is 0 Å². The molecule has 0 bridgehead atoms. The molecule has 1 N–H and O–H groups in total. The first kappa shape index (κ1) is 16.5. The van der Waals surface area contributed by atoms with Gasteiger partial charge < -0.3 is 19.0 Å². The maximum Gasteiger partial charge on any atom is 0.254 e. The van der Waals surface area contributed by atoms with E-state index in [0.29, 0.717) is 35.4 Å². The van der Waals surface area contributed by atoms with E-state index in [0.717, 1.165) is 24.9 Å². The van der Waals surface area contributed by atoms with Crippen molar-refractivity contribution in [3.05, 3.63) is 48.4 Å². The number of aliphatic hydroxyl groups excluding tert-OH is 1. The Morgan fingerprint density at radius 3 is 2.85 bits per heavy atom. The molecule has 0 spiro atoms. The molecule has 2 aromatic heterocycles. The van der Waals surface area contributed by atoms with Gasteiger partial charge in [0.25, 0.3) is 5.91 Å². The Hall–Kier alpha value is -2.67. The number of carbonyl (C=O) groups excluding carboxylic acids is 1. The van der Waals surface area contributed by atoms with Gasteiger partial charge in [0, 0.05) is 38.0 Å². The average Bonchev–Trinajstić information content (AvgIpc) is 3.37. The maximum absolute atomic E-state index is 13.0. The van der Waals surface area contributed by atoms with E-state index in [1.54, 1.807) is 25.5 Å². The first-order chi connectivity index (χ1) is 13.1. The third-order valence-electron chi connectivity index (χ3n) is 6.05. The van der Waals surface area contributed by atoms with Crippen molar-refractivity contribution in [3.63, 3.8) is 0 Å². The molecule has 0 radical (unpaired) electrons. The van der Waals surface area contributed by atoms with Gasteiger partial charge in [-0.3, -0.25) is 4.79 Å². The molecule has 3 aromatic rings. The van der Waals surface area contributed by atoms with Crippen LogP contribution in [0.3, 0.4) is 0 Å². The van der Waals surface area contributed by atoms with E-state index in [-0.39, 0.29) is 11.9 Å². The van der Waals surface area contributed by atoms with Crippen molar-refractivity contribution in [2.75, 3.05) is 13.1 Å². The number of carbonyl (C=O) groups is 1. The number of hydrogen-bond donors (Lipinski definition) is 1. The summed E-state index contributed by atoms with van der Waals surface area (Å²) in [5.41, 5.74) is 2.04. The lowest BCUT2D eigenvalue weighted by atomic mass is 9.77. The van der Waals surface area contributed by atoms with Gasteiger partial charge in [0.2, 0.25) is 0 Å². The van der Waals surface area contributed by atoms with Crippen molar-refractivity contribution < 1.29 is 14.3 Å². The monoisotopic (exact) mass is 366 g/mol. The molecule has 7 nitrogen and oxygen atoms in total. The van der Waals surface area contributed by atoms with Gasteiger partial charge in [-0.15, -0.1) is 0 Å². The van der Waals surface area contributed by atoms with Gasteiger partial charge in [-0.25, -0.2) is 9.97 Å². The van der Waals surface area contributed by atoms with Crippen LogP contribution in [0.25, 0.3) is 11.1 Å². The summed E-state index contributed by atoms with van der Waals surface area (Å²) in [6, 6.07) is 5.47. The van der Waals surface area contributed by atoms with Crippen LogP contribution in [0.5, 0.6) is 0 Å². The molecule has 4 atom stereocenters. The Kier molecular flexibility index (Phi) is 3.79. The van der Waals surface area contributed by atoms with Crippen molar-refractivity contribution >= 4 is 17.0 Å². The average molecular weight is 366 g/mol. The second-order valence-corrected chi connectivity index (χ2v) is 7.76. The predicted octanol–water partition coefficient (Wildman–Crippen LogP) is 2.42. The van der Waals surface area contributed by atoms with Crippen LogP contribution in [-0.2, 0) is 0 Å². The zero-order valence-electron chi connectivity index (χ0n) is 15.2. The van der Waals surface area contributed by atoms with Crippen molar-refractivity contribution in [1.82, 2.24) is 19.4 Å². The maximum atomic E-state index is 13.0. The Balaban J connectivity index is 1.34. The molecule has 7 heteroatoms. The molecule has 2 aliphatic rings. The fourth-order valence-corrected chi connectivity index (χ4v) is 4.71. The largest absolute Gasteiger partial charge is 0.441 e. The van der Waals surface area contributed by atoms with Gasteiger partial charge in [0.15, 0.2) is 11.5 Å². The number of imidazole rings is 1. The smallest absolute Gasteiger partial charge is 0.254 e. The van der Waals surface area contributed by atoms with E-state index in [9.17, 15) is 9.90 Å². The Bertz CT molecular complexity index is 980. The van der Waals surface area contributed by atoms with Crippen molar-refractivity contribution in [2.45, 2.75) is 31.9 Å². The highest BCUT2D eigenvalue weighted by Gasteiger charge is 2.43. The molecule has 3 heterocycles. The summed E-state index contributed by atoms with van der Waals surface area (Å²) in [5, 5.41) is 10.6. The summed E-state index contributed by atoms with van der Waals surface area (Å²) >= 11 is 0. The molecule has 5 rings (SSSR count). The Morgan fingerprint density at radius 1 is 1.26 bits per heavy atom. The van der Waals surface area contributed by atoms with E-state index in [1.165, 1.54) is 0 Å². The lowest BCUT2D eigenvalue weighted by Crippen LogP contribution is -2.35. The van der Waals surface area contributed by atoms with Crippen LogP contribution in [0.2, 0.25) is 0 Å². The number of hydrogen-bond acceptors (Lipinski definition) is 5. The summed E-state index contributed by atoms with van der Waals surface area (Å²) in [5.74, 6) is 1.37. The zero-order valence-corrected chi connectivity index (χ0v) is 15.2. The summed E-state index contributed by atoms with van der Waals surface area (Å²) in [4.78, 5) is 23.3. The molecule has 0 unspecified atom stereocenters. The molecule has 1 aliphatic heterocycles. The number of aromatic nitrogens is 3. The molecule has 1 saturated carbocycles. The minimum atomic E-state index is -0.399. The summed E-state index contributed by atoms with van der Waals surface area (Å²) in [6.45, 7) is 3.23. The van der Waals surface area contributed by atoms with Crippen LogP contribution in [0.15, 0.2) is 41.3 Å². The van der Waals surface area contributed by atoms with Crippen molar-refractivity contribution in [2.24, 2.45) is 11.8 Å². The third kappa shape index (κ3) is 2.82.